The normalized spacial score (nSPS) is 16.3. The van der Waals surface area contributed by atoms with Crippen LogP contribution in [-0.4, -0.2) is 65.5 Å². The maximum atomic E-state index is 14.8. The fourth-order valence-corrected chi connectivity index (χ4v) is 8.35. The number of thiophene rings is 1. The Morgan fingerprint density at radius 1 is 1.06 bits per heavy atom. The van der Waals surface area contributed by atoms with Crippen LogP contribution in [0.5, 0.6) is 0 Å². The van der Waals surface area contributed by atoms with E-state index in [4.69, 9.17) is 16.6 Å². The topological polar surface area (TPSA) is 139 Å². The molecule has 3 aliphatic heterocycles. The Morgan fingerprint density at radius 3 is 2.70 bits per heavy atom. The van der Waals surface area contributed by atoms with Crippen LogP contribution in [0.2, 0.25) is 5.02 Å². The first-order chi connectivity index (χ1) is 25.7. The van der Waals surface area contributed by atoms with Crippen LogP contribution < -0.4 is 10.6 Å². The summed E-state index contributed by atoms with van der Waals surface area (Å²) in [7, 11) is 0. The first kappa shape index (κ1) is 34.4. The molecule has 53 heavy (non-hydrogen) atoms. The molecule has 0 radical (unpaired) electrons. The third-order valence-corrected chi connectivity index (χ3v) is 11.1. The minimum atomic E-state index is -0.803. The van der Waals surface area contributed by atoms with Crippen LogP contribution in [0.15, 0.2) is 53.8 Å². The highest BCUT2D eigenvalue weighted by Crippen LogP contribution is 2.37. The number of anilines is 1. The van der Waals surface area contributed by atoms with E-state index in [2.05, 4.69) is 49.3 Å². The van der Waals surface area contributed by atoms with Crippen molar-refractivity contribution in [2.24, 2.45) is 4.99 Å². The zero-order valence-electron chi connectivity index (χ0n) is 28.9. The van der Waals surface area contributed by atoms with Gasteiger partial charge in [-0.05, 0) is 62.9 Å². The number of nitrogens with zero attached hydrogens (tertiary/aromatic N) is 7. The van der Waals surface area contributed by atoms with E-state index in [0.29, 0.717) is 35.9 Å². The second-order valence-corrected chi connectivity index (χ2v) is 14.6. The standard InChI is InChI=1S/C38H33ClFN9O3S/c1-21-30(53-38-33(21)35(24-6-8-25(39)9-7-24)42-18-31-46-45-22(2)49(31)38)13-5-23-17-43-47(19-23)16-4-3-15-41-28-11-10-27(40)34-26(28)20-48(37(34)52)29-12-14-32(50)44-36(29)51/h6-11,17,19,29,41H,3-4,12,14-16,18,20H2,1-2H3,(H,44,50,51). The number of aliphatic imine (C=N–C) groups is 1. The Hall–Kier alpha value is -5.65. The average molecular weight is 750 g/mol. The fourth-order valence-electron chi connectivity index (χ4n) is 7.00. The van der Waals surface area contributed by atoms with E-state index in [-0.39, 0.29) is 30.9 Å². The fraction of sp³-hybridized carbons (Fsp3) is 0.289. The molecule has 268 valence electrons. The summed E-state index contributed by atoms with van der Waals surface area (Å²) in [5, 5.41) is 20.5. The number of imide groups is 1. The van der Waals surface area contributed by atoms with Crippen molar-refractivity contribution in [1.82, 2.24) is 34.8 Å². The number of carbonyl (C=O) groups is 3. The maximum Gasteiger partial charge on any atom is 0.258 e. The largest absolute Gasteiger partial charge is 0.385 e. The number of unbranched alkanes of at least 4 members (excludes halogenated alkanes) is 1. The summed E-state index contributed by atoms with van der Waals surface area (Å²) in [6, 6.07) is 9.78. The summed E-state index contributed by atoms with van der Waals surface area (Å²) in [4.78, 5) is 44.4. The van der Waals surface area contributed by atoms with Crippen molar-refractivity contribution < 1.29 is 18.8 Å². The minimum Gasteiger partial charge on any atom is -0.385 e. The molecule has 3 amide bonds. The highest BCUT2D eigenvalue weighted by atomic mass is 35.5. The van der Waals surface area contributed by atoms with Gasteiger partial charge in [-0.25, -0.2) is 4.39 Å². The lowest BCUT2D eigenvalue weighted by Crippen LogP contribution is -2.52. The van der Waals surface area contributed by atoms with Gasteiger partial charge in [-0.1, -0.05) is 35.6 Å². The zero-order valence-corrected chi connectivity index (χ0v) is 30.4. The van der Waals surface area contributed by atoms with Crippen LogP contribution in [0.3, 0.4) is 0 Å². The number of hydrogen-bond donors (Lipinski definition) is 2. The SMILES string of the molecule is Cc1c(C#Cc2cnn(CCCCNc3ccc(F)c4c3CN(C3CCC(=O)NC3=O)C4=O)c2)sc2c1C(c1ccc(Cl)cc1)=NCc1nnc(C)n1-2. The number of benzene rings is 2. The van der Waals surface area contributed by atoms with E-state index < -0.39 is 23.7 Å². The van der Waals surface area contributed by atoms with Crippen LogP contribution in [0.4, 0.5) is 10.1 Å². The molecule has 2 aromatic carbocycles. The molecule has 3 aromatic heterocycles. The molecule has 2 N–H and O–H groups in total. The second-order valence-electron chi connectivity index (χ2n) is 13.1. The van der Waals surface area contributed by atoms with Gasteiger partial charge in [0, 0.05) is 59.7 Å². The molecule has 1 unspecified atom stereocenters. The van der Waals surface area contributed by atoms with Crippen LogP contribution in [0.1, 0.15) is 80.4 Å². The Balaban J connectivity index is 0.913. The Morgan fingerprint density at radius 2 is 1.89 bits per heavy atom. The van der Waals surface area contributed by atoms with Gasteiger partial charge in [-0.3, -0.25) is 33.9 Å². The number of carbonyl (C=O) groups excluding carboxylic acids is 3. The molecular weight excluding hydrogens is 717 g/mol. The molecule has 12 nitrogen and oxygen atoms in total. The number of nitrogens with one attached hydrogen (secondary N) is 2. The molecule has 0 aliphatic carbocycles. The highest BCUT2D eigenvalue weighted by Gasteiger charge is 2.41. The molecule has 5 aromatic rings. The molecule has 6 heterocycles. The summed E-state index contributed by atoms with van der Waals surface area (Å²) in [6.45, 7) is 5.79. The van der Waals surface area contributed by atoms with Crippen LogP contribution in [-0.2, 0) is 29.2 Å². The lowest BCUT2D eigenvalue weighted by molar-refractivity contribution is -0.136. The van der Waals surface area contributed by atoms with Gasteiger partial charge in [-0.15, -0.1) is 21.5 Å². The molecule has 0 spiro atoms. The third-order valence-electron chi connectivity index (χ3n) is 9.69. The van der Waals surface area contributed by atoms with Gasteiger partial charge in [0.1, 0.15) is 29.2 Å². The highest BCUT2D eigenvalue weighted by molar-refractivity contribution is 7.15. The van der Waals surface area contributed by atoms with E-state index in [1.54, 1.807) is 23.6 Å². The summed E-state index contributed by atoms with van der Waals surface area (Å²) in [5.41, 5.74) is 5.85. The van der Waals surface area contributed by atoms with Crippen molar-refractivity contribution in [3.05, 3.63) is 110 Å². The second kappa shape index (κ2) is 14.1. The molecule has 1 atom stereocenters. The monoisotopic (exact) mass is 749 g/mol. The van der Waals surface area contributed by atoms with Gasteiger partial charge in [0.15, 0.2) is 5.82 Å². The smallest absolute Gasteiger partial charge is 0.258 e. The quantitative estimate of drug-likeness (QED) is 0.124. The first-order valence-corrected chi connectivity index (χ1v) is 18.5. The third kappa shape index (κ3) is 6.51. The van der Waals surface area contributed by atoms with E-state index in [0.717, 1.165) is 62.3 Å². The number of aryl methyl sites for hydroxylation is 2. The van der Waals surface area contributed by atoms with Gasteiger partial charge in [0.05, 0.1) is 27.9 Å². The number of aromatic nitrogens is 5. The maximum absolute atomic E-state index is 14.8. The summed E-state index contributed by atoms with van der Waals surface area (Å²) < 4.78 is 18.7. The summed E-state index contributed by atoms with van der Waals surface area (Å²) in [6.07, 6.45) is 5.65. The molecule has 3 aliphatic rings. The molecule has 8 rings (SSSR count). The van der Waals surface area contributed by atoms with Crippen LogP contribution in [0.25, 0.3) is 5.00 Å². The van der Waals surface area contributed by atoms with Crippen molar-refractivity contribution in [2.75, 3.05) is 11.9 Å². The number of fused-ring (bicyclic) bond motifs is 4. The number of rotatable bonds is 8. The number of amides is 3. The zero-order chi connectivity index (χ0) is 36.8. The van der Waals surface area contributed by atoms with Crippen molar-refractivity contribution in [1.29, 1.82) is 0 Å². The van der Waals surface area contributed by atoms with E-state index >= 15 is 0 Å². The number of halogens is 2. The lowest BCUT2D eigenvalue weighted by Gasteiger charge is -2.29. The first-order valence-electron chi connectivity index (χ1n) is 17.3. The number of piperidine rings is 1. The van der Waals surface area contributed by atoms with E-state index in [1.165, 1.54) is 11.0 Å². The van der Waals surface area contributed by atoms with Crippen molar-refractivity contribution >= 4 is 52.1 Å². The van der Waals surface area contributed by atoms with Crippen molar-refractivity contribution in [2.45, 2.75) is 65.2 Å². The van der Waals surface area contributed by atoms with Gasteiger partial charge in [-0.2, -0.15) is 5.10 Å². The minimum absolute atomic E-state index is 0.0213. The van der Waals surface area contributed by atoms with Gasteiger partial charge < -0.3 is 10.2 Å². The van der Waals surface area contributed by atoms with Gasteiger partial charge in [0.2, 0.25) is 11.8 Å². The predicted octanol–water partition coefficient (Wildman–Crippen LogP) is 5.34. The molecule has 1 fully saturated rings. The molecule has 1 saturated heterocycles. The predicted molar refractivity (Wildman–Crippen MR) is 198 cm³/mol. The van der Waals surface area contributed by atoms with E-state index in [1.807, 2.05) is 42.1 Å². The summed E-state index contributed by atoms with van der Waals surface area (Å²) >= 11 is 7.79. The van der Waals surface area contributed by atoms with Crippen molar-refractivity contribution in [3.63, 3.8) is 0 Å². The Labute approximate surface area is 313 Å². The Bertz CT molecular complexity index is 2400. The van der Waals surface area contributed by atoms with Crippen LogP contribution in [0, 0.1) is 31.5 Å². The summed E-state index contributed by atoms with van der Waals surface area (Å²) in [5.74, 6) is 6.19. The lowest BCUT2D eigenvalue weighted by atomic mass is 10.00. The van der Waals surface area contributed by atoms with Crippen molar-refractivity contribution in [3.8, 4) is 16.8 Å². The number of hydrogen-bond acceptors (Lipinski definition) is 9. The van der Waals surface area contributed by atoms with E-state index in [9.17, 15) is 18.8 Å². The molecule has 0 bridgehead atoms. The molecular formula is C38H33ClFN9O3S. The van der Waals surface area contributed by atoms with Gasteiger partial charge >= 0.3 is 0 Å². The van der Waals surface area contributed by atoms with Gasteiger partial charge in [0.25, 0.3) is 5.91 Å². The molecule has 15 heteroatoms. The Kier molecular flexibility index (Phi) is 9.13. The van der Waals surface area contributed by atoms with Crippen LogP contribution >= 0.6 is 22.9 Å². The average Bonchev–Trinajstić information content (AvgIpc) is 3.89. The molecule has 0 saturated carbocycles.